The molecule has 0 aliphatic heterocycles. The molecule has 0 atom stereocenters. The SMILES string of the molecule is COc1cc(Nc2ncnc(-n3c(Nc4ccc5[nH]ncc5c4)nc4ccccc43)n2)cc(OC)c1OC. The molecule has 0 radical (unpaired) electrons. The van der Waals surface area contributed by atoms with Gasteiger partial charge in [0, 0.05) is 28.9 Å². The standard InChI is InChI=1S/C26H23N9O3/c1-36-21-11-17(12-22(37-2)23(21)38-3)30-24-27-14-28-25(33-24)35-20-7-5-4-6-19(20)32-26(35)31-16-8-9-18-15(10-16)13-29-34-18/h4-14H,1-3H3,(H,29,34)(H,31,32)(H,27,28,30,33). The summed E-state index contributed by atoms with van der Waals surface area (Å²) in [4.78, 5) is 18.2. The van der Waals surface area contributed by atoms with Crippen LogP contribution in [0.15, 0.2) is 67.1 Å². The number of nitrogens with one attached hydrogen (secondary N) is 3. The van der Waals surface area contributed by atoms with E-state index in [4.69, 9.17) is 19.2 Å². The van der Waals surface area contributed by atoms with Gasteiger partial charge in [-0.2, -0.15) is 10.1 Å². The molecule has 6 rings (SSSR count). The lowest BCUT2D eigenvalue weighted by atomic mass is 10.2. The van der Waals surface area contributed by atoms with E-state index in [2.05, 4.69) is 35.8 Å². The molecule has 12 nitrogen and oxygen atoms in total. The molecule has 6 aromatic rings. The molecule has 0 spiro atoms. The molecule has 0 saturated carbocycles. The first kappa shape index (κ1) is 23.0. The van der Waals surface area contributed by atoms with Gasteiger partial charge < -0.3 is 24.8 Å². The summed E-state index contributed by atoms with van der Waals surface area (Å²) in [6, 6.07) is 17.2. The number of H-pyrrole nitrogens is 1. The van der Waals surface area contributed by atoms with Crippen molar-refractivity contribution in [2.45, 2.75) is 0 Å². The third kappa shape index (κ3) is 4.13. The van der Waals surface area contributed by atoms with Gasteiger partial charge in [0.05, 0.1) is 44.1 Å². The van der Waals surface area contributed by atoms with Crippen molar-refractivity contribution in [1.29, 1.82) is 0 Å². The molecule has 190 valence electrons. The molecule has 3 heterocycles. The van der Waals surface area contributed by atoms with Gasteiger partial charge in [0.25, 0.3) is 0 Å². The highest BCUT2D eigenvalue weighted by atomic mass is 16.5. The molecule has 0 amide bonds. The number of hydrogen-bond acceptors (Lipinski definition) is 10. The smallest absolute Gasteiger partial charge is 0.241 e. The zero-order valence-corrected chi connectivity index (χ0v) is 20.8. The van der Waals surface area contributed by atoms with Crippen molar-refractivity contribution in [3.05, 3.63) is 67.1 Å². The zero-order valence-electron chi connectivity index (χ0n) is 20.8. The van der Waals surface area contributed by atoms with Crippen LogP contribution < -0.4 is 24.8 Å². The van der Waals surface area contributed by atoms with E-state index < -0.39 is 0 Å². The van der Waals surface area contributed by atoms with Gasteiger partial charge in [-0.05, 0) is 30.3 Å². The fourth-order valence-electron chi connectivity index (χ4n) is 4.20. The summed E-state index contributed by atoms with van der Waals surface area (Å²) < 4.78 is 18.2. The van der Waals surface area contributed by atoms with Crippen molar-refractivity contribution in [1.82, 2.24) is 34.7 Å². The molecule has 0 aliphatic carbocycles. The minimum Gasteiger partial charge on any atom is -0.493 e. The lowest BCUT2D eigenvalue weighted by molar-refractivity contribution is 0.324. The normalized spacial score (nSPS) is 11.0. The number of ether oxygens (including phenoxy) is 3. The molecule has 38 heavy (non-hydrogen) atoms. The Morgan fingerprint density at radius 2 is 1.63 bits per heavy atom. The summed E-state index contributed by atoms with van der Waals surface area (Å²) in [6.07, 6.45) is 3.22. The Bertz CT molecular complexity index is 1740. The number of para-hydroxylation sites is 2. The summed E-state index contributed by atoms with van der Waals surface area (Å²) in [6.45, 7) is 0. The predicted molar refractivity (Wildman–Crippen MR) is 143 cm³/mol. The van der Waals surface area contributed by atoms with Crippen LogP contribution in [-0.4, -0.2) is 56.0 Å². The van der Waals surface area contributed by atoms with Gasteiger partial charge in [-0.15, -0.1) is 0 Å². The van der Waals surface area contributed by atoms with Gasteiger partial charge in [0.1, 0.15) is 6.33 Å². The van der Waals surface area contributed by atoms with E-state index in [-0.39, 0.29) is 0 Å². The van der Waals surface area contributed by atoms with Crippen LogP contribution in [0.3, 0.4) is 0 Å². The van der Waals surface area contributed by atoms with Crippen LogP contribution >= 0.6 is 0 Å². The highest BCUT2D eigenvalue weighted by Crippen LogP contribution is 2.40. The van der Waals surface area contributed by atoms with E-state index >= 15 is 0 Å². The maximum Gasteiger partial charge on any atom is 0.241 e. The average molecular weight is 510 g/mol. The minimum atomic E-state index is 0.327. The van der Waals surface area contributed by atoms with E-state index in [1.54, 1.807) is 39.7 Å². The second kappa shape index (κ2) is 9.58. The molecule has 0 saturated heterocycles. The van der Waals surface area contributed by atoms with Crippen molar-refractivity contribution in [3.8, 4) is 23.2 Å². The van der Waals surface area contributed by atoms with Gasteiger partial charge in [-0.3, -0.25) is 5.10 Å². The maximum atomic E-state index is 5.46. The Labute approximate surface area is 216 Å². The molecule has 3 aromatic heterocycles. The zero-order chi connectivity index (χ0) is 26.1. The minimum absolute atomic E-state index is 0.327. The molecule has 0 aliphatic rings. The maximum absolute atomic E-state index is 5.46. The number of anilines is 4. The fraction of sp³-hybridized carbons (Fsp3) is 0.115. The number of nitrogens with zero attached hydrogens (tertiary/aromatic N) is 6. The molecule has 12 heteroatoms. The second-order valence-electron chi connectivity index (χ2n) is 8.20. The third-order valence-electron chi connectivity index (χ3n) is 5.94. The molecule has 0 bridgehead atoms. The van der Waals surface area contributed by atoms with Crippen LogP contribution in [0.5, 0.6) is 17.2 Å². The monoisotopic (exact) mass is 509 g/mol. The lowest BCUT2D eigenvalue weighted by Crippen LogP contribution is -2.08. The molecular formula is C26H23N9O3. The fourth-order valence-corrected chi connectivity index (χ4v) is 4.20. The van der Waals surface area contributed by atoms with Crippen molar-refractivity contribution in [3.63, 3.8) is 0 Å². The molecule has 0 fully saturated rings. The van der Waals surface area contributed by atoms with E-state index in [0.717, 1.165) is 27.6 Å². The second-order valence-corrected chi connectivity index (χ2v) is 8.20. The van der Waals surface area contributed by atoms with Crippen molar-refractivity contribution < 1.29 is 14.2 Å². The summed E-state index contributed by atoms with van der Waals surface area (Å²) >= 11 is 0. The number of methoxy groups -OCH3 is 3. The van der Waals surface area contributed by atoms with Crippen LogP contribution in [-0.2, 0) is 0 Å². The Kier molecular flexibility index (Phi) is 5.81. The first-order valence-electron chi connectivity index (χ1n) is 11.6. The van der Waals surface area contributed by atoms with Gasteiger partial charge in [0.2, 0.25) is 23.6 Å². The predicted octanol–water partition coefficient (Wildman–Crippen LogP) is 4.60. The van der Waals surface area contributed by atoms with Crippen LogP contribution in [0.2, 0.25) is 0 Å². The van der Waals surface area contributed by atoms with Crippen LogP contribution in [0, 0.1) is 0 Å². The number of aromatic nitrogens is 7. The number of benzene rings is 3. The van der Waals surface area contributed by atoms with Crippen molar-refractivity contribution in [2.75, 3.05) is 32.0 Å². The molecule has 0 unspecified atom stereocenters. The molecular weight excluding hydrogens is 486 g/mol. The van der Waals surface area contributed by atoms with E-state index in [1.165, 1.54) is 6.33 Å². The van der Waals surface area contributed by atoms with Crippen molar-refractivity contribution >= 4 is 45.2 Å². The molecule has 3 aromatic carbocycles. The first-order valence-corrected chi connectivity index (χ1v) is 11.6. The number of fused-ring (bicyclic) bond motifs is 2. The van der Waals surface area contributed by atoms with Crippen molar-refractivity contribution in [2.24, 2.45) is 0 Å². The highest BCUT2D eigenvalue weighted by molar-refractivity contribution is 5.85. The van der Waals surface area contributed by atoms with E-state index in [0.29, 0.717) is 40.8 Å². The summed E-state index contributed by atoms with van der Waals surface area (Å²) in [5, 5.41) is 14.6. The Morgan fingerprint density at radius 3 is 2.42 bits per heavy atom. The third-order valence-corrected chi connectivity index (χ3v) is 5.94. The first-order chi connectivity index (χ1) is 18.7. The van der Waals surface area contributed by atoms with Gasteiger partial charge in [-0.1, -0.05) is 12.1 Å². The number of aromatic amines is 1. The van der Waals surface area contributed by atoms with Crippen LogP contribution in [0.4, 0.5) is 23.3 Å². The summed E-state index contributed by atoms with van der Waals surface area (Å²) in [7, 11) is 4.68. The topological polar surface area (TPSA) is 137 Å². The summed E-state index contributed by atoms with van der Waals surface area (Å²) in [5.74, 6) is 2.77. The Hall–Kier alpha value is -5.39. The highest BCUT2D eigenvalue weighted by Gasteiger charge is 2.17. The largest absolute Gasteiger partial charge is 0.493 e. The Balaban J connectivity index is 1.39. The quantitative estimate of drug-likeness (QED) is 0.267. The average Bonchev–Trinajstić information content (AvgIpc) is 3.56. The number of imidazole rings is 1. The summed E-state index contributed by atoms with van der Waals surface area (Å²) in [5.41, 5.74) is 4.08. The Morgan fingerprint density at radius 1 is 0.816 bits per heavy atom. The van der Waals surface area contributed by atoms with E-state index in [1.807, 2.05) is 47.0 Å². The van der Waals surface area contributed by atoms with Gasteiger partial charge in [-0.25, -0.2) is 19.5 Å². The van der Waals surface area contributed by atoms with Crippen LogP contribution in [0.1, 0.15) is 0 Å². The number of rotatable bonds is 8. The molecule has 3 N–H and O–H groups in total. The van der Waals surface area contributed by atoms with E-state index in [9.17, 15) is 0 Å². The van der Waals surface area contributed by atoms with Gasteiger partial charge in [0.15, 0.2) is 11.5 Å². The van der Waals surface area contributed by atoms with Crippen LogP contribution in [0.25, 0.3) is 27.9 Å². The lowest BCUT2D eigenvalue weighted by Gasteiger charge is -2.15. The number of hydrogen-bond donors (Lipinski definition) is 3. The van der Waals surface area contributed by atoms with Gasteiger partial charge >= 0.3 is 0 Å².